The maximum absolute atomic E-state index is 13.1. The summed E-state index contributed by atoms with van der Waals surface area (Å²) in [5, 5.41) is 3.98. The summed E-state index contributed by atoms with van der Waals surface area (Å²) in [6.45, 7) is 2.76. The Balaban J connectivity index is 1.27. The molecule has 0 N–H and O–H groups in total. The zero-order valence-corrected chi connectivity index (χ0v) is 15.4. The molecule has 6 nitrogen and oxygen atoms in total. The fourth-order valence-corrected chi connectivity index (χ4v) is 3.30. The minimum Gasteiger partial charge on any atom is -0.368 e. The molecule has 28 heavy (non-hydrogen) atoms. The zero-order chi connectivity index (χ0) is 19.3. The molecule has 1 aliphatic rings. The van der Waals surface area contributed by atoms with E-state index < -0.39 is 0 Å². The second-order valence-electron chi connectivity index (χ2n) is 6.72. The lowest BCUT2D eigenvalue weighted by molar-refractivity contribution is -0.131. The number of benzene rings is 2. The number of anilines is 1. The van der Waals surface area contributed by atoms with Crippen LogP contribution in [0.2, 0.25) is 0 Å². The molecular weight excluding hydrogens is 359 g/mol. The van der Waals surface area contributed by atoms with Gasteiger partial charge in [-0.2, -0.15) is 4.98 Å². The average molecular weight is 380 g/mol. The van der Waals surface area contributed by atoms with Gasteiger partial charge in [-0.1, -0.05) is 35.5 Å². The van der Waals surface area contributed by atoms with Gasteiger partial charge in [0, 0.05) is 50.3 Å². The SMILES string of the molecule is O=C(CCc1nc(-c2ccccc2)no1)N1CCN(c2ccc(F)cc2)CC1. The largest absolute Gasteiger partial charge is 0.368 e. The Kier molecular flexibility index (Phi) is 5.32. The van der Waals surface area contributed by atoms with Crippen LogP contribution in [0.3, 0.4) is 0 Å². The first kappa shape index (κ1) is 18.2. The molecule has 1 amide bonds. The number of nitrogens with zero attached hydrogens (tertiary/aromatic N) is 4. The number of hydrogen-bond donors (Lipinski definition) is 0. The fourth-order valence-electron chi connectivity index (χ4n) is 3.30. The van der Waals surface area contributed by atoms with E-state index >= 15 is 0 Å². The van der Waals surface area contributed by atoms with Crippen LogP contribution < -0.4 is 4.90 Å². The van der Waals surface area contributed by atoms with E-state index in [4.69, 9.17) is 4.52 Å². The van der Waals surface area contributed by atoms with Crippen LogP contribution in [0.5, 0.6) is 0 Å². The molecule has 0 aliphatic carbocycles. The highest BCUT2D eigenvalue weighted by molar-refractivity contribution is 5.76. The van der Waals surface area contributed by atoms with Crippen molar-refractivity contribution in [1.29, 1.82) is 0 Å². The smallest absolute Gasteiger partial charge is 0.227 e. The minimum atomic E-state index is -0.242. The van der Waals surface area contributed by atoms with E-state index in [1.165, 1.54) is 12.1 Å². The highest BCUT2D eigenvalue weighted by Gasteiger charge is 2.22. The number of rotatable bonds is 5. The van der Waals surface area contributed by atoms with Gasteiger partial charge >= 0.3 is 0 Å². The summed E-state index contributed by atoms with van der Waals surface area (Å²) >= 11 is 0. The summed E-state index contributed by atoms with van der Waals surface area (Å²) in [6.07, 6.45) is 0.768. The van der Waals surface area contributed by atoms with E-state index in [9.17, 15) is 9.18 Å². The van der Waals surface area contributed by atoms with E-state index in [0.717, 1.165) is 24.3 Å². The Hall–Kier alpha value is -3.22. The minimum absolute atomic E-state index is 0.0817. The number of hydrogen-bond acceptors (Lipinski definition) is 5. The molecule has 4 rings (SSSR count). The number of halogens is 1. The van der Waals surface area contributed by atoms with Gasteiger partial charge in [0.25, 0.3) is 0 Å². The zero-order valence-electron chi connectivity index (χ0n) is 15.4. The second-order valence-corrected chi connectivity index (χ2v) is 6.72. The Morgan fingerprint density at radius 1 is 1.00 bits per heavy atom. The molecule has 1 fully saturated rings. The number of amides is 1. The van der Waals surface area contributed by atoms with Crippen molar-refractivity contribution in [3.05, 3.63) is 66.3 Å². The lowest BCUT2D eigenvalue weighted by Gasteiger charge is -2.36. The third-order valence-electron chi connectivity index (χ3n) is 4.88. The first-order valence-electron chi connectivity index (χ1n) is 9.35. The van der Waals surface area contributed by atoms with Gasteiger partial charge in [-0.15, -0.1) is 0 Å². The maximum Gasteiger partial charge on any atom is 0.227 e. The summed E-state index contributed by atoms with van der Waals surface area (Å²) in [6, 6.07) is 16.1. The van der Waals surface area contributed by atoms with Gasteiger partial charge in [0.1, 0.15) is 5.82 Å². The molecule has 1 saturated heterocycles. The fraction of sp³-hybridized carbons (Fsp3) is 0.286. The van der Waals surface area contributed by atoms with Gasteiger partial charge < -0.3 is 14.3 Å². The molecule has 0 bridgehead atoms. The quantitative estimate of drug-likeness (QED) is 0.680. The van der Waals surface area contributed by atoms with Crippen molar-refractivity contribution >= 4 is 11.6 Å². The van der Waals surface area contributed by atoms with Crippen LogP contribution in [0, 0.1) is 5.82 Å². The van der Waals surface area contributed by atoms with Crippen LogP contribution in [0.15, 0.2) is 59.1 Å². The number of aromatic nitrogens is 2. The molecule has 144 valence electrons. The third kappa shape index (κ3) is 4.19. The molecule has 0 atom stereocenters. The van der Waals surface area contributed by atoms with E-state index in [2.05, 4.69) is 15.0 Å². The van der Waals surface area contributed by atoms with Crippen molar-refractivity contribution in [2.45, 2.75) is 12.8 Å². The summed E-state index contributed by atoms with van der Waals surface area (Å²) in [5.74, 6) is 0.848. The standard InChI is InChI=1S/C21H21FN4O2/c22-17-6-8-18(9-7-17)25-12-14-26(15-13-25)20(27)11-10-19-23-21(24-28-19)16-4-2-1-3-5-16/h1-9H,10-15H2. The Bertz CT molecular complexity index is 919. The monoisotopic (exact) mass is 380 g/mol. The van der Waals surface area contributed by atoms with Crippen molar-refractivity contribution in [3.63, 3.8) is 0 Å². The molecule has 2 aromatic carbocycles. The van der Waals surface area contributed by atoms with Gasteiger partial charge in [-0.25, -0.2) is 4.39 Å². The van der Waals surface area contributed by atoms with E-state index in [1.54, 1.807) is 12.1 Å². The lowest BCUT2D eigenvalue weighted by atomic mass is 10.2. The van der Waals surface area contributed by atoms with Gasteiger partial charge in [-0.3, -0.25) is 4.79 Å². The van der Waals surface area contributed by atoms with Crippen molar-refractivity contribution in [3.8, 4) is 11.4 Å². The van der Waals surface area contributed by atoms with Gasteiger partial charge in [0.05, 0.1) is 0 Å². The molecule has 1 aliphatic heterocycles. The van der Waals surface area contributed by atoms with Gasteiger partial charge in [-0.05, 0) is 24.3 Å². The number of carbonyl (C=O) groups is 1. The summed E-state index contributed by atoms with van der Waals surface area (Å²) < 4.78 is 18.3. The highest BCUT2D eigenvalue weighted by Crippen LogP contribution is 2.18. The molecule has 0 spiro atoms. The molecule has 0 radical (unpaired) electrons. The van der Waals surface area contributed by atoms with Crippen LogP contribution >= 0.6 is 0 Å². The second kappa shape index (κ2) is 8.21. The van der Waals surface area contributed by atoms with Crippen molar-refractivity contribution in [1.82, 2.24) is 15.0 Å². The third-order valence-corrected chi connectivity index (χ3v) is 4.88. The molecule has 0 unspecified atom stereocenters. The van der Waals surface area contributed by atoms with Crippen LogP contribution in [0.1, 0.15) is 12.3 Å². The number of aryl methyl sites for hydroxylation is 1. The van der Waals surface area contributed by atoms with E-state index in [1.807, 2.05) is 35.2 Å². The van der Waals surface area contributed by atoms with E-state index in [-0.39, 0.29) is 11.7 Å². The summed E-state index contributed by atoms with van der Waals surface area (Å²) in [5.41, 5.74) is 1.87. The molecule has 0 saturated carbocycles. The highest BCUT2D eigenvalue weighted by atomic mass is 19.1. The molecule has 3 aromatic rings. The van der Waals surface area contributed by atoms with Crippen LogP contribution in [-0.4, -0.2) is 47.1 Å². The number of carbonyl (C=O) groups excluding carboxylic acids is 1. The Morgan fingerprint density at radius 2 is 1.71 bits per heavy atom. The first-order valence-corrected chi connectivity index (χ1v) is 9.35. The normalized spacial score (nSPS) is 14.3. The molecule has 7 heteroatoms. The van der Waals surface area contributed by atoms with Crippen LogP contribution in [0.25, 0.3) is 11.4 Å². The van der Waals surface area contributed by atoms with Gasteiger partial charge in [0.2, 0.25) is 17.6 Å². The van der Waals surface area contributed by atoms with Crippen LogP contribution in [-0.2, 0) is 11.2 Å². The van der Waals surface area contributed by atoms with Crippen LogP contribution in [0.4, 0.5) is 10.1 Å². The Labute approximate surface area is 162 Å². The summed E-state index contributed by atoms with van der Waals surface area (Å²) in [7, 11) is 0. The maximum atomic E-state index is 13.1. The Morgan fingerprint density at radius 3 is 2.43 bits per heavy atom. The van der Waals surface area contributed by atoms with E-state index in [0.29, 0.717) is 37.6 Å². The molecular formula is C21H21FN4O2. The average Bonchev–Trinajstić information content (AvgIpc) is 3.22. The predicted octanol–water partition coefficient (Wildman–Crippen LogP) is 3.16. The predicted molar refractivity (Wildman–Crippen MR) is 103 cm³/mol. The van der Waals surface area contributed by atoms with Crippen molar-refractivity contribution < 1.29 is 13.7 Å². The molecule has 2 heterocycles. The first-order chi connectivity index (χ1) is 13.7. The lowest BCUT2D eigenvalue weighted by Crippen LogP contribution is -2.48. The van der Waals surface area contributed by atoms with Crippen molar-refractivity contribution in [2.75, 3.05) is 31.1 Å². The summed E-state index contributed by atoms with van der Waals surface area (Å²) in [4.78, 5) is 20.9. The number of piperazine rings is 1. The van der Waals surface area contributed by atoms with Gasteiger partial charge in [0.15, 0.2) is 0 Å². The topological polar surface area (TPSA) is 62.5 Å². The van der Waals surface area contributed by atoms with Crippen molar-refractivity contribution in [2.24, 2.45) is 0 Å². The molecule has 1 aromatic heterocycles.